The molecule has 0 saturated heterocycles. The van der Waals surface area contributed by atoms with Crippen LogP contribution in [0.1, 0.15) is 20.8 Å². The molecule has 1 rings (SSSR count). The number of halogens is 1. The fourth-order valence-electron chi connectivity index (χ4n) is 2.00. The molecule has 0 bridgehead atoms. The first-order chi connectivity index (χ1) is 8.92. The number of anilines is 2. The van der Waals surface area contributed by atoms with Crippen LogP contribution in [0.25, 0.3) is 0 Å². The van der Waals surface area contributed by atoms with Crippen LogP contribution in [0.15, 0.2) is 18.2 Å². The van der Waals surface area contributed by atoms with Gasteiger partial charge in [0.2, 0.25) is 5.91 Å². The van der Waals surface area contributed by atoms with Crippen LogP contribution in [-0.4, -0.2) is 37.0 Å². The van der Waals surface area contributed by atoms with Crippen LogP contribution < -0.4 is 10.6 Å². The number of likely N-dealkylation sites (N-methyl/N-ethyl adjacent to an activating group) is 2. The van der Waals surface area contributed by atoms with E-state index in [-0.39, 0.29) is 11.9 Å². The highest BCUT2D eigenvalue weighted by molar-refractivity contribution is 6.31. The van der Waals surface area contributed by atoms with Crippen molar-refractivity contribution in [2.45, 2.75) is 26.8 Å². The molecule has 0 radical (unpaired) electrons. The Hall–Kier alpha value is -1.42. The number of carbonyl (C=O) groups is 1. The lowest BCUT2D eigenvalue weighted by Gasteiger charge is -2.31. The first-order valence-electron chi connectivity index (χ1n) is 6.49. The van der Waals surface area contributed by atoms with Gasteiger partial charge in [-0.1, -0.05) is 11.6 Å². The predicted octanol–water partition coefficient (Wildman–Crippen LogP) is 2.62. The maximum absolute atomic E-state index is 12.3. The van der Waals surface area contributed by atoms with Crippen molar-refractivity contribution in [3.63, 3.8) is 0 Å². The molecule has 4 nitrogen and oxygen atoms in total. The van der Waals surface area contributed by atoms with Gasteiger partial charge < -0.3 is 15.5 Å². The van der Waals surface area contributed by atoms with Crippen LogP contribution in [0.4, 0.5) is 11.4 Å². The summed E-state index contributed by atoms with van der Waals surface area (Å²) in [6.45, 7) is 7.24. The van der Waals surface area contributed by atoms with Gasteiger partial charge in [0.05, 0.1) is 11.4 Å². The minimum atomic E-state index is -0.277. The molecule has 19 heavy (non-hydrogen) atoms. The maximum Gasteiger partial charge on any atom is 0.244 e. The van der Waals surface area contributed by atoms with Crippen LogP contribution >= 0.6 is 11.6 Å². The van der Waals surface area contributed by atoms with Crippen LogP contribution in [0, 0.1) is 0 Å². The molecule has 0 aromatic heterocycles. The molecular formula is C14H22ClN3O. The topological polar surface area (TPSA) is 49.6 Å². The normalized spacial score (nSPS) is 12.1. The quantitative estimate of drug-likeness (QED) is 0.845. The summed E-state index contributed by atoms with van der Waals surface area (Å²) in [6.07, 6.45) is 0. The van der Waals surface area contributed by atoms with E-state index >= 15 is 0 Å². The molecule has 1 atom stereocenters. The van der Waals surface area contributed by atoms with Crippen molar-refractivity contribution < 1.29 is 4.79 Å². The van der Waals surface area contributed by atoms with Crippen molar-refractivity contribution in [2.75, 3.05) is 30.8 Å². The summed E-state index contributed by atoms with van der Waals surface area (Å²) in [5.74, 6) is 0.0897. The number of nitrogens with two attached hydrogens (primary N) is 1. The average Bonchev–Trinajstić information content (AvgIpc) is 2.41. The van der Waals surface area contributed by atoms with Gasteiger partial charge in [0.1, 0.15) is 6.04 Å². The van der Waals surface area contributed by atoms with Gasteiger partial charge in [-0.15, -0.1) is 0 Å². The number of carbonyl (C=O) groups excluding carboxylic acids is 1. The summed E-state index contributed by atoms with van der Waals surface area (Å²) >= 11 is 5.98. The maximum atomic E-state index is 12.3. The smallest absolute Gasteiger partial charge is 0.244 e. The Kier molecular flexibility index (Phi) is 5.48. The van der Waals surface area contributed by atoms with E-state index in [1.165, 1.54) is 0 Å². The van der Waals surface area contributed by atoms with Crippen LogP contribution in [-0.2, 0) is 4.79 Å². The highest BCUT2D eigenvalue weighted by Crippen LogP contribution is 2.27. The molecule has 1 amide bonds. The van der Waals surface area contributed by atoms with Gasteiger partial charge in [0.25, 0.3) is 0 Å². The lowest BCUT2D eigenvalue weighted by molar-refractivity contribution is -0.131. The number of nitrogen functional groups attached to an aromatic ring is 1. The molecule has 0 aliphatic rings. The van der Waals surface area contributed by atoms with Gasteiger partial charge in [-0.25, -0.2) is 0 Å². The first-order valence-corrected chi connectivity index (χ1v) is 6.86. The van der Waals surface area contributed by atoms with Gasteiger partial charge in [0.15, 0.2) is 0 Å². The minimum absolute atomic E-state index is 0.0897. The second-order valence-electron chi connectivity index (χ2n) is 4.50. The Labute approximate surface area is 120 Å². The standard InChI is InChI=1S/C14H22ClN3O/c1-5-18(6-2)14(19)10(3)17(4)13-9-11(15)7-8-12(13)16/h7-10H,5-6,16H2,1-4H3. The van der Waals surface area contributed by atoms with Crippen LogP contribution in [0.3, 0.4) is 0 Å². The number of amides is 1. The monoisotopic (exact) mass is 283 g/mol. The van der Waals surface area contributed by atoms with E-state index in [9.17, 15) is 4.79 Å². The van der Waals surface area contributed by atoms with Gasteiger partial charge in [-0.2, -0.15) is 0 Å². The highest BCUT2D eigenvalue weighted by atomic mass is 35.5. The van der Waals surface area contributed by atoms with Gasteiger partial charge in [-0.3, -0.25) is 4.79 Å². The zero-order valence-corrected chi connectivity index (χ0v) is 12.7. The number of nitrogens with zero attached hydrogens (tertiary/aromatic N) is 2. The number of benzene rings is 1. The molecule has 0 heterocycles. The summed E-state index contributed by atoms with van der Waals surface area (Å²) in [6, 6.07) is 5.00. The van der Waals surface area contributed by atoms with Crippen molar-refractivity contribution in [3.8, 4) is 0 Å². The molecular weight excluding hydrogens is 262 g/mol. The fourth-order valence-corrected chi connectivity index (χ4v) is 2.16. The summed E-state index contributed by atoms with van der Waals surface area (Å²) in [5.41, 5.74) is 7.34. The van der Waals surface area contributed by atoms with Crippen LogP contribution in [0.2, 0.25) is 5.02 Å². The molecule has 0 aliphatic carbocycles. The molecule has 1 unspecified atom stereocenters. The van der Waals surface area contributed by atoms with Gasteiger partial charge in [0, 0.05) is 25.2 Å². The molecule has 1 aromatic carbocycles. The zero-order chi connectivity index (χ0) is 14.6. The molecule has 0 saturated carbocycles. The summed E-state index contributed by atoms with van der Waals surface area (Å²) in [7, 11) is 1.86. The first kappa shape index (κ1) is 15.6. The Balaban J connectivity index is 2.95. The summed E-state index contributed by atoms with van der Waals surface area (Å²) in [5, 5.41) is 0.610. The lowest BCUT2D eigenvalue weighted by Crippen LogP contribution is -2.45. The van der Waals surface area contributed by atoms with Crippen molar-refractivity contribution >= 4 is 28.9 Å². The minimum Gasteiger partial charge on any atom is -0.397 e. The third-order valence-electron chi connectivity index (χ3n) is 3.39. The van der Waals surface area contributed by atoms with Crippen molar-refractivity contribution in [3.05, 3.63) is 23.2 Å². The zero-order valence-electron chi connectivity index (χ0n) is 12.0. The van der Waals surface area contributed by atoms with E-state index in [1.807, 2.05) is 37.6 Å². The predicted molar refractivity (Wildman–Crippen MR) is 81.7 cm³/mol. The summed E-state index contributed by atoms with van der Waals surface area (Å²) in [4.78, 5) is 16.0. The van der Waals surface area contributed by atoms with E-state index in [1.54, 1.807) is 18.2 Å². The number of rotatable bonds is 5. The van der Waals surface area contributed by atoms with Crippen LogP contribution in [0.5, 0.6) is 0 Å². The largest absolute Gasteiger partial charge is 0.397 e. The second kappa shape index (κ2) is 6.66. The van der Waals surface area contributed by atoms with Gasteiger partial charge >= 0.3 is 0 Å². The molecule has 106 valence electrons. The number of hydrogen-bond acceptors (Lipinski definition) is 3. The Morgan fingerprint density at radius 1 is 1.37 bits per heavy atom. The third kappa shape index (κ3) is 3.53. The molecule has 0 fully saturated rings. The molecule has 1 aromatic rings. The fraction of sp³-hybridized carbons (Fsp3) is 0.500. The lowest BCUT2D eigenvalue weighted by atomic mass is 10.2. The van der Waals surface area contributed by atoms with Crippen molar-refractivity contribution in [1.29, 1.82) is 0 Å². The Bertz CT molecular complexity index is 446. The Morgan fingerprint density at radius 2 is 1.95 bits per heavy atom. The molecule has 5 heteroatoms. The van der Waals surface area contributed by atoms with E-state index < -0.39 is 0 Å². The highest BCUT2D eigenvalue weighted by Gasteiger charge is 2.23. The molecule has 0 aliphatic heterocycles. The molecule has 0 spiro atoms. The second-order valence-corrected chi connectivity index (χ2v) is 4.94. The average molecular weight is 284 g/mol. The summed E-state index contributed by atoms with van der Waals surface area (Å²) < 4.78 is 0. The molecule has 2 N–H and O–H groups in total. The van der Waals surface area contributed by atoms with E-state index in [0.717, 1.165) is 5.69 Å². The SMILES string of the molecule is CCN(CC)C(=O)C(C)N(C)c1cc(Cl)ccc1N. The Morgan fingerprint density at radius 3 is 2.47 bits per heavy atom. The van der Waals surface area contributed by atoms with E-state index in [2.05, 4.69) is 0 Å². The van der Waals surface area contributed by atoms with E-state index in [4.69, 9.17) is 17.3 Å². The van der Waals surface area contributed by atoms with Crippen molar-refractivity contribution in [1.82, 2.24) is 4.90 Å². The van der Waals surface area contributed by atoms with Gasteiger partial charge in [-0.05, 0) is 39.0 Å². The number of hydrogen-bond donors (Lipinski definition) is 1. The van der Waals surface area contributed by atoms with Crippen molar-refractivity contribution in [2.24, 2.45) is 0 Å². The third-order valence-corrected chi connectivity index (χ3v) is 3.62. The van der Waals surface area contributed by atoms with E-state index in [0.29, 0.717) is 23.8 Å².